The lowest BCUT2D eigenvalue weighted by atomic mass is 10.2. The molecule has 4 aromatic carbocycles. The summed E-state index contributed by atoms with van der Waals surface area (Å²) in [7, 11) is -4.02. The molecule has 164 valence electrons. The molecule has 4 aromatic rings. The molecule has 0 aliphatic rings. The van der Waals surface area contributed by atoms with Crippen LogP contribution in [0.2, 0.25) is 0 Å². The topological polar surface area (TPSA) is 17.1 Å². The Kier molecular flexibility index (Phi) is 6.62. The van der Waals surface area contributed by atoms with E-state index in [9.17, 15) is 4.57 Å². The van der Waals surface area contributed by atoms with E-state index in [1.165, 1.54) is 21.5 Å². The van der Waals surface area contributed by atoms with Crippen LogP contribution in [-0.4, -0.2) is 5.16 Å². The van der Waals surface area contributed by atoms with Crippen molar-refractivity contribution in [2.24, 2.45) is 0 Å². The van der Waals surface area contributed by atoms with E-state index >= 15 is 0 Å². The van der Waals surface area contributed by atoms with Crippen LogP contribution in [0.25, 0.3) is 0 Å². The zero-order valence-electron chi connectivity index (χ0n) is 19.3. The first-order valence-electron chi connectivity index (χ1n) is 11.2. The van der Waals surface area contributed by atoms with Gasteiger partial charge in [0.25, 0.3) is 0 Å². The summed E-state index contributed by atoms with van der Waals surface area (Å²) < 4.78 is 13.6. The zero-order valence-corrected chi connectivity index (χ0v) is 21.2. The van der Waals surface area contributed by atoms with Gasteiger partial charge in [-0.05, 0) is 43.3 Å². The second-order valence-electron chi connectivity index (χ2n) is 9.38. The average Bonchev–Trinajstić information content (AvgIpc) is 3.30. The molecule has 0 saturated heterocycles. The van der Waals surface area contributed by atoms with Crippen molar-refractivity contribution in [2.45, 2.75) is 38.5 Å². The highest BCUT2D eigenvalue weighted by Crippen LogP contribution is 2.66. The second-order valence-corrected chi connectivity index (χ2v) is 15.8. The second kappa shape index (κ2) is 9.27. The maximum Gasteiger partial charge on any atom is 0.117 e. The monoisotopic (exact) mass is 458 g/mol. The minimum atomic E-state index is -2.07. The van der Waals surface area contributed by atoms with Gasteiger partial charge in [0, 0.05) is 5.16 Å². The Hall–Kier alpha value is -2.33. The maximum absolute atomic E-state index is 13.6. The minimum Gasteiger partial charge on any atom is -0.335 e. The van der Waals surface area contributed by atoms with Crippen LogP contribution in [-0.2, 0) is 4.57 Å². The largest absolute Gasteiger partial charge is 0.335 e. The van der Waals surface area contributed by atoms with Crippen molar-refractivity contribution in [3.63, 3.8) is 0 Å². The van der Waals surface area contributed by atoms with Crippen molar-refractivity contribution >= 4 is 36.3 Å². The molecule has 0 unspecified atom stereocenters. The van der Waals surface area contributed by atoms with E-state index in [4.69, 9.17) is 0 Å². The molecule has 0 amide bonds. The van der Waals surface area contributed by atoms with Crippen LogP contribution in [0.4, 0.5) is 0 Å². The fourth-order valence-corrected chi connectivity index (χ4v) is 11.3. The van der Waals surface area contributed by atoms with E-state index in [0.29, 0.717) is 0 Å². The molecule has 4 rings (SSSR count). The molecule has 0 aromatic heterocycles. The van der Waals surface area contributed by atoms with Crippen LogP contribution in [0.3, 0.4) is 0 Å². The molecule has 0 bridgehead atoms. The van der Waals surface area contributed by atoms with Gasteiger partial charge >= 0.3 is 0 Å². The predicted octanol–water partition coefficient (Wildman–Crippen LogP) is 6.44. The first kappa shape index (κ1) is 22.8. The van der Waals surface area contributed by atoms with E-state index in [-0.39, 0.29) is 10.8 Å². The molecule has 2 atom stereocenters. The van der Waals surface area contributed by atoms with Gasteiger partial charge in [0.2, 0.25) is 0 Å². The Bertz CT molecular complexity index is 1080. The fraction of sp³-hybridized carbons (Fsp3) is 0.207. The summed E-state index contributed by atoms with van der Waals surface area (Å²) in [6.45, 7) is 8.61. The molecule has 0 spiro atoms. The quantitative estimate of drug-likeness (QED) is 0.240. The summed E-state index contributed by atoms with van der Waals surface area (Å²) in [5, 5.41) is 4.87. The molecule has 0 fully saturated rings. The van der Waals surface area contributed by atoms with Gasteiger partial charge in [0.05, 0.1) is 13.5 Å². The summed E-state index contributed by atoms with van der Waals surface area (Å²) >= 11 is 0. The van der Waals surface area contributed by atoms with Crippen molar-refractivity contribution in [3.8, 4) is 0 Å². The van der Waals surface area contributed by atoms with E-state index in [0.717, 1.165) is 5.30 Å². The van der Waals surface area contributed by atoms with E-state index in [1.54, 1.807) is 0 Å². The molecule has 1 nitrogen and oxygen atoms in total. The standard InChI is InChI=1S/C29H32OP2/c1-23(27-21-14-22-28(27)31(30)29(2,3)4)32(24-15-8-5-9-16-24,25-17-10-6-11-18-25)26-19-12-7-13-20-26/h5-23,31H,1-4H3/t23-/m1/s1. The van der Waals surface area contributed by atoms with Crippen LogP contribution in [0, 0.1) is 0 Å². The molecule has 0 saturated carbocycles. The summed E-state index contributed by atoms with van der Waals surface area (Å²) in [5.41, 5.74) is 1.42. The molecule has 0 N–H and O–H groups in total. The molecular formula is C29H32OP2. The lowest BCUT2D eigenvalue weighted by molar-refractivity contribution is 0.572. The highest BCUT2D eigenvalue weighted by molar-refractivity contribution is 7.96. The number of hydrogen-bond donors (Lipinski definition) is 0. The molecule has 0 radical (unpaired) electrons. The number of benzene rings is 3. The van der Waals surface area contributed by atoms with Gasteiger partial charge in [-0.2, -0.15) is 12.1 Å². The van der Waals surface area contributed by atoms with E-state index in [1.807, 2.05) is 0 Å². The Morgan fingerprint density at radius 1 is 0.719 bits per heavy atom. The van der Waals surface area contributed by atoms with Crippen LogP contribution >= 0.6 is 15.1 Å². The summed E-state index contributed by atoms with van der Waals surface area (Å²) in [6.07, 6.45) is 0. The highest BCUT2D eigenvalue weighted by atomic mass is 31.2. The Labute approximate surface area is 194 Å². The first-order chi connectivity index (χ1) is 15.4. The van der Waals surface area contributed by atoms with Crippen molar-refractivity contribution < 1.29 is 4.57 Å². The van der Waals surface area contributed by atoms with Crippen LogP contribution < -0.4 is 21.2 Å². The smallest absolute Gasteiger partial charge is 0.117 e. The Morgan fingerprint density at radius 2 is 1.12 bits per heavy atom. The maximum atomic E-state index is 13.6. The van der Waals surface area contributed by atoms with Gasteiger partial charge in [-0.3, -0.25) is 0 Å². The van der Waals surface area contributed by atoms with Gasteiger partial charge in [0.1, 0.15) is 23.2 Å². The fourth-order valence-electron chi connectivity index (χ4n) is 4.73. The zero-order chi connectivity index (χ0) is 22.8. The van der Waals surface area contributed by atoms with Crippen molar-refractivity contribution in [1.82, 2.24) is 0 Å². The number of hydrogen-bond acceptors (Lipinski definition) is 1. The van der Waals surface area contributed by atoms with E-state index in [2.05, 4.69) is 137 Å². The van der Waals surface area contributed by atoms with Crippen LogP contribution in [0.15, 0.2) is 109 Å². The highest BCUT2D eigenvalue weighted by Gasteiger charge is 2.50. The molecule has 0 heterocycles. The summed E-state index contributed by atoms with van der Waals surface area (Å²) in [6, 6.07) is 39.2. The van der Waals surface area contributed by atoms with Crippen LogP contribution in [0.1, 0.15) is 38.9 Å². The molecule has 32 heavy (non-hydrogen) atoms. The van der Waals surface area contributed by atoms with Gasteiger partial charge < -0.3 is 4.57 Å². The van der Waals surface area contributed by atoms with Crippen molar-refractivity contribution in [3.05, 3.63) is 115 Å². The molecule has 0 aliphatic heterocycles. The Morgan fingerprint density at radius 3 is 1.50 bits per heavy atom. The van der Waals surface area contributed by atoms with E-state index < -0.39 is 15.1 Å². The average molecular weight is 459 g/mol. The third-order valence-corrected chi connectivity index (χ3v) is 13.4. The van der Waals surface area contributed by atoms with Gasteiger partial charge in [0.15, 0.2) is 0 Å². The lowest BCUT2D eigenvalue weighted by Crippen LogP contribution is -2.35. The van der Waals surface area contributed by atoms with Gasteiger partial charge in [-0.15, -0.1) is 10.9 Å². The molecule has 0 aliphatic carbocycles. The summed E-state index contributed by atoms with van der Waals surface area (Å²) in [5.74, 6) is 0. The third kappa shape index (κ3) is 4.05. The third-order valence-electron chi connectivity index (χ3n) is 6.30. The summed E-state index contributed by atoms with van der Waals surface area (Å²) in [4.78, 5) is 0. The van der Waals surface area contributed by atoms with Crippen molar-refractivity contribution in [2.75, 3.05) is 0 Å². The van der Waals surface area contributed by atoms with Crippen LogP contribution in [0.5, 0.6) is 0 Å². The van der Waals surface area contributed by atoms with Crippen molar-refractivity contribution in [1.29, 1.82) is 0 Å². The molecule has 3 heteroatoms. The lowest BCUT2D eigenvalue weighted by Gasteiger charge is -2.36. The first-order valence-corrected chi connectivity index (χ1v) is 14.5. The molecular weight excluding hydrogens is 426 g/mol. The normalized spacial score (nSPS) is 14.1. The van der Waals surface area contributed by atoms with Gasteiger partial charge in [-0.25, -0.2) is 6.07 Å². The van der Waals surface area contributed by atoms with Gasteiger partial charge in [-0.1, -0.05) is 75.4 Å². The predicted molar refractivity (Wildman–Crippen MR) is 144 cm³/mol. The Balaban J connectivity index is 2.04. The minimum absolute atomic E-state index is 0.191. The number of rotatable bonds is 6. The SMILES string of the molecule is C[C@H](c1[cH-]ccc1[P@H](=O)C(C)(C)C)[P+](c1ccccc1)(c1ccccc1)c1ccccc1.